The van der Waals surface area contributed by atoms with Gasteiger partial charge in [0, 0.05) is 6.92 Å². The fraction of sp³-hybridized carbons (Fsp3) is 0.235. The summed E-state index contributed by atoms with van der Waals surface area (Å²) < 4.78 is 0. The first-order chi connectivity index (χ1) is 9.93. The Morgan fingerprint density at radius 3 is 1.73 bits per heavy atom. The van der Waals surface area contributed by atoms with Crippen molar-refractivity contribution in [1.82, 2.24) is 0 Å². The van der Waals surface area contributed by atoms with Crippen molar-refractivity contribution in [3.8, 4) is 0 Å². The summed E-state index contributed by atoms with van der Waals surface area (Å²) in [4.78, 5) is 10.7. The summed E-state index contributed by atoms with van der Waals surface area (Å²) in [5.74, 6) is -0.390. The number of anilines is 2. The molecule has 2 aromatic carbocycles. The fourth-order valence-corrected chi connectivity index (χ4v) is 1.50. The van der Waals surface area contributed by atoms with E-state index in [1.54, 1.807) is 12.1 Å². The van der Waals surface area contributed by atoms with Gasteiger partial charge in [-0.3, -0.25) is 20.7 Å². The Bertz CT molecular complexity index is 565. The molecule has 0 saturated heterocycles. The summed E-state index contributed by atoms with van der Waals surface area (Å²) in [7, 11) is 0. The lowest BCUT2D eigenvalue weighted by molar-refractivity contribution is -0.121. The first-order valence-electron chi connectivity index (χ1n) is 6.47. The van der Waals surface area contributed by atoms with E-state index in [0.29, 0.717) is 10.8 Å². The third-order valence-corrected chi connectivity index (χ3v) is 2.76. The highest BCUT2D eigenvalue weighted by Crippen LogP contribution is 2.12. The van der Waals surface area contributed by atoms with Crippen LogP contribution in [0.4, 0.5) is 11.4 Å². The molecule has 3 N–H and O–H groups in total. The highest BCUT2D eigenvalue weighted by atomic mass is 16.5. The van der Waals surface area contributed by atoms with Crippen molar-refractivity contribution in [1.29, 1.82) is 0 Å². The predicted molar refractivity (Wildman–Crippen MR) is 89.4 cm³/mol. The molecule has 0 saturated carbocycles. The third kappa shape index (κ3) is 6.39. The van der Waals surface area contributed by atoms with Crippen molar-refractivity contribution < 1.29 is 15.2 Å². The van der Waals surface area contributed by atoms with Crippen molar-refractivity contribution in [2.24, 2.45) is 0 Å². The van der Waals surface area contributed by atoms with Crippen molar-refractivity contribution in [3.05, 3.63) is 59.7 Å². The number of amides is 1. The van der Waals surface area contributed by atoms with Crippen LogP contribution < -0.4 is 10.5 Å². The molecule has 0 aliphatic carbocycles. The Labute approximate surface area is 131 Å². The summed E-state index contributed by atoms with van der Waals surface area (Å²) in [5, 5.41) is 18.2. The summed E-state index contributed by atoms with van der Waals surface area (Å²) in [6, 6.07) is 14.5. The van der Waals surface area contributed by atoms with Crippen molar-refractivity contribution in [2.75, 3.05) is 10.5 Å². The molecule has 0 heterocycles. The Balaban J connectivity index is 0.000000397. The molecule has 0 bridgehead atoms. The van der Waals surface area contributed by atoms with E-state index in [1.165, 1.54) is 12.5 Å². The van der Waals surface area contributed by atoms with Gasteiger partial charge in [-0.25, -0.2) is 0 Å². The zero-order valence-corrected chi connectivity index (χ0v) is 12.4. The van der Waals surface area contributed by atoms with Crippen LogP contribution in [0, 0.1) is 13.8 Å². The van der Waals surface area contributed by atoms with Gasteiger partial charge >= 0.3 is 0 Å². The number of benzene rings is 2. The smallest absolute Gasteiger partial charge is 0.247 e. The zero-order chi connectivity index (χ0) is 15.8. The van der Waals surface area contributed by atoms with E-state index in [0.717, 1.165) is 11.3 Å². The second-order valence-electron chi connectivity index (χ2n) is 4.64. The number of carbonyl (C=O) groups excluding carboxylic acids is 1. The lowest BCUT2D eigenvalue weighted by atomic mass is 10.2. The van der Waals surface area contributed by atoms with Gasteiger partial charge in [0.1, 0.15) is 0 Å². The number of rotatable bonds is 2. The molecular weight excluding hydrogens is 280 g/mol. The van der Waals surface area contributed by atoms with Gasteiger partial charge in [0.05, 0.1) is 11.4 Å². The van der Waals surface area contributed by atoms with Crippen LogP contribution in [0.25, 0.3) is 0 Å². The topological polar surface area (TPSA) is 72.8 Å². The summed E-state index contributed by atoms with van der Waals surface area (Å²) in [5.41, 5.74) is 5.55. The lowest BCUT2D eigenvalue weighted by Crippen LogP contribution is -2.23. The quantitative estimate of drug-likeness (QED) is 0.575. The SMILES string of the molecule is C.CC(=O)N(O)c1ccc(C)cc1.Cc1ccc(NO)cc1. The lowest BCUT2D eigenvalue weighted by Gasteiger charge is -2.11. The fourth-order valence-electron chi connectivity index (χ4n) is 1.50. The van der Waals surface area contributed by atoms with Gasteiger partial charge in [-0.2, -0.15) is 5.06 Å². The van der Waals surface area contributed by atoms with Gasteiger partial charge in [-0.1, -0.05) is 42.8 Å². The molecule has 0 aliphatic rings. The Hall–Kier alpha value is -2.37. The van der Waals surface area contributed by atoms with Gasteiger partial charge in [-0.15, -0.1) is 0 Å². The second-order valence-corrected chi connectivity index (χ2v) is 4.64. The number of hydroxylamine groups is 1. The van der Waals surface area contributed by atoms with Crippen molar-refractivity contribution >= 4 is 17.3 Å². The maximum absolute atomic E-state index is 10.7. The van der Waals surface area contributed by atoms with Crippen LogP contribution in [0.1, 0.15) is 25.5 Å². The van der Waals surface area contributed by atoms with Gasteiger partial charge < -0.3 is 0 Å². The number of hydrogen-bond donors (Lipinski definition) is 3. The summed E-state index contributed by atoms with van der Waals surface area (Å²) in [6.45, 7) is 5.25. The maximum Gasteiger partial charge on any atom is 0.247 e. The highest BCUT2D eigenvalue weighted by Gasteiger charge is 2.05. The molecular formula is C17H24N2O3. The average molecular weight is 304 g/mol. The monoisotopic (exact) mass is 304 g/mol. The minimum Gasteiger partial charge on any atom is -0.291 e. The summed E-state index contributed by atoms with van der Waals surface area (Å²) in [6.07, 6.45) is 0. The Kier molecular flexibility index (Phi) is 8.52. The van der Waals surface area contributed by atoms with Crippen LogP contribution in [0.2, 0.25) is 0 Å². The van der Waals surface area contributed by atoms with Crippen LogP contribution >= 0.6 is 0 Å². The summed E-state index contributed by atoms with van der Waals surface area (Å²) >= 11 is 0. The molecule has 1 amide bonds. The van der Waals surface area contributed by atoms with Crippen LogP contribution in [0.5, 0.6) is 0 Å². The van der Waals surface area contributed by atoms with E-state index in [2.05, 4.69) is 5.48 Å². The van der Waals surface area contributed by atoms with Gasteiger partial charge in [0.25, 0.3) is 0 Å². The minimum atomic E-state index is -0.390. The van der Waals surface area contributed by atoms with Gasteiger partial charge in [0.2, 0.25) is 5.91 Å². The average Bonchev–Trinajstić information content (AvgIpc) is 2.49. The van der Waals surface area contributed by atoms with Crippen molar-refractivity contribution in [3.63, 3.8) is 0 Å². The standard InChI is InChI=1S/C9H11NO2.C7H9NO.CH4/c1-7-3-5-9(6-4-7)10(12)8(2)11;1-6-2-4-7(8-9)5-3-6;/h3-6,12H,1-2H3;2-5,8-9H,1H3;1H4. The number of nitrogens with zero attached hydrogens (tertiary/aromatic N) is 1. The molecule has 0 fully saturated rings. The number of nitrogens with one attached hydrogen (secondary N) is 1. The minimum absolute atomic E-state index is 0. The van der Waals surface area contributed by atoms with Crippen LogP contribution in [0.15, 0.2) is 48.5 Å². The molecule has 2 rings (SSSR count). The third-order valence-electron chi connectivity index (χ3n) is 2.76. The van der Waals surface area contributed by atoms with Crippen LogP contribution in [-0.2, 0) is 4.79 Å². The second kappa shape index (κ2) is 9.55. The van der Waals surface area contributed by atoms with E-state index in [-0.39, 0.29) is 13.3 Å². The van der Waals surface area contributed by atoms with Gasteiger partial charge in [-0.05, 0) is 38.1 Å². The molecule has 5 heteroatoms. The number of carbonyl (C=O) groups is 1. The first-order valence-corrected chi connectivity index (χ1v) is 6.47. The van der Waals surface area contributed by atoms with E-state index < -0.39 is 0 Å². The maximum atomic E-state index is 10.7. The Morgan fingerprint density at radius 2 is 1.36 bits per heavy atom. The predicted octanol–water partition coefficient (Wildman–Crippen LogP) is 4.17. The van der Waals surface area contributed by atoms with E-state index in [1.807, 2.05) is 50.2 Å². The molecule has 2 aromatic rings. The zero-order valence-electron chi connectivity index (χ0n) is 12.4. The number of aryl methyl sites for hydroxylation is 2. The van der Waals surface area contributed by atoms with E-state index >= 15 is 0 Å². The van der Waals surface area contributed by atoms with Gasteiger partial charge in [0.15, 0.2) is 0 Å². The van der Waals surface area contributed by atoms with E-state index in [9.17, 15) is 10.0 Å². The van der Waals surface area contributed by atoms with Crippen LogP contribution in [0.3, 0.4) is 0 Å². The van der Waals surface area contributed by atoms with E-state index in [4.69, 9.17) is 5.21 Å². The van der Waals surface area contributed by atoms with Crippen LogP contribution in [-0.4, -0.2) is 16.3 Å². The Morgan fingerprint density at radius 1 is 0.955 bits per heavy atom. The van der Waals surface area contributed by atoms with Crippen molar-refractivity contribution in [2.45, 2.75) is 28.2 Å². The highest BCUT2D eigenvalue weighted by molar-refractivity contribution is 5.88. The molecule has 22 heavy (non-hydrogen) atoms. The molecule has 0 spiro atoms. The molecule has 0 unspecified atom stereocenters. The normalized spacial score (nSPS) is 8.95. The molecule has 0 radical (unpaired) electrons. The first kappa shape index (κ1) is 19.6. The molecule has 5 nitrogen and oxygen atoms in total. The number of hydrogen-bond acceptors (Lipinski definition) is 4. The molecule has 0 atom stereocenters. The largest absolute Gasteiger partial charge is 0.291 e. The molecule has 0 aliphatic heterocycles. The molecule has 120 valence electrons. The molecule has 0 aromatic heterocycles.